The molecule has 3 heteroatoms. The number of rotatable bonds is 7. The van der Waals surface area contributed by atoms with E-state index in [1.165, 1.54) is 0 Å². The minimum atomic E-state index is 0.578. The highest BCUT2D eigenvalue weighted by atomic mass is 16.5. The van der Waals surface area contributed by atoms with Crippen molar-refractivity contribution in [1.82, 2.24) is 10.3 Å². The van der Waals surface area contributed by atoms with Crippen molar-refractivity contribution in [3.05, 3.63) is 36.0 Å². The smallest absolute Gasteiger partial charge is 0.218 e. The van der Waals surface area contributed by atoms with Crippen molar-refractivity contribution in [3.8, 4) is 5.88 Å². The van der Waals surface area contributed by atoms with E-state index in [4.69, 9.17) is 4.74 Å². The molecule has 0 aliphatic rings. The third-order valence-electron chi connectivity index (χ3n) is 2.14. The molecule has 16 heavy (non-hydrogen) atoms. The summed E-state index contributed by atoms with van der Waals surface area (Å²) < 4.78 is 5.57. The largest absolute Gasteiger partial charge is 0.473 e. The molecule has 0 unspecified atom stereocenters. The van der Waals surface area contributed by atoms with Gasteiger partial charge in [0.25, 0.3) is 0 Å². The molecule has 1 rings (SSSR count). The molecular weight excluding hydrogens is 200 g/mol. The number of hydrogen-bond donors (Lipinski definition) is 1. The lowest BCUT2D eigenvalue weighted by molar-refractivity contribution is 0.342. The monoisotopic (exact) mass is 220 g/mol. The number of hydrogen-bond acceptors (Lipinski definition) is 3. The van der Waals surface area contributed by atoms with Crippen LogP contribution in [0.1, 0.15) is 25.8 Å². The Morgan fingerprint density at radius 2 is 2.38 bits per heavy atom. The average molecular weight is 220 g/mol. The van der Waals surface area contributed by atoms with Crippen molar-refractivity contribution < 1.29 is 4.74 Å². The molecule has 1 N–H and O–H groups in total. The van der Waals surface area contributed by atoms with Crippen molar-refractivity contribution in [1.29, 1.82) is 0 Å². The maximum atomic E-state index is 5.57. The van der Waals surface area contributed by atoms with E-state index in [2.05, 4.69) is 17.2 Å². The number of aromatic nitrogens is 1. The van der Waals surface area contributed by atoms with Crippen LogP contribution in [0, 0.1) is 0 Å². The van der Waals surface area contributed by atoms with Gasteiger partial charge in [-0.15, -0.1) is 0 Å². The Morgan fingerprint density at radius 1 is 1.50 bits per heavy atom. The summed E-state index contributed by atoms with van der Waals surface area (Å²) in [6.45, 7) is 6.54. The molecule has 88 valence electrons. The molecule has 0 bridgehead atoms. The summed E-state index contributed by atoms with van der Waals surface area (Å²) >= 11 is 0. The predicted molar refractivity (Wildman–Crippen MR) is 66.5 cm³/mol. The van der Waals surface area contributed by atoms with Crippen LogP contribution in [0.25, 0.3) is 0 Å². The highest BCUT2D eigenvalue weighted by molar-refractivity contribution is 5.25. The molecule has 0 fully saturated rings. The summed E-state index contributed by atoms with van der Waals surface area (Å²) in [5, 5.41) is 3.34. The summed E-state index contributed by atoms with van der Waals surface area (Å²) in [7, 11) is 0. The summed E-state index contributed by atoms with van der Waals surface area (Å²) in [4.78, 5) is 4.23. The first-order valence-electron chi connectivity index (χ1n) is 5.77. The Labute approximate surface area is 97.5 Å². The van der Waals surface area contributed by atoms with E-state index in [0.29, 0.717) is 6.61 Å². The van der Waals surface area contributed by atoms with Gasteiger partial charge in [-0.1, -0.05) is 25.1 Å². The number of allylic oxidation sites excluding steroid dienone is 1. The van der Waals surface area contributed by atoms with Gasteiger partial charge < -0.3 is 10.1 Å². The van der Waals surface area contributed by atoms with Crippen molar-refractivity contribution in [2.75, 3.05) is 13.2 Å². The quantitative estimate of drug-likeness (QED) is 0.566. The van der Waals surface area contributed by atoms with Gasteiger partial charge in [-0.2, -0.15) is 0 Å². The van der Waals surface area contributed by atoms with Crippen LogP contribution in [0.2, 0.25) is 0 Å². The van der Waals surface area contributed by atoms with Gasteiger partial charge in [0.15, 0.2) is 0 Å². The van der Waals surface area contributed by atoms with Crippen molar-refractivity contribution in [2.45, 2.75) is 26.8 Å². The highest BCUT2D eigenvalue weighted by Crippen LogP contribution is 2.13. The van der Waals surface area contributed by atoms with Gasteiger partial charge in [-0.25, -0.2) is 4.98 Å². The Kier molecular flexibility index (Phi) is 6.26. The summed E-state index contributed by atoms with van der Waals surface area (Å²) in [6.07, 6.45) is 6.83. The molecule has 0 saturated carbocycles. The van der Waals surface area contributed by atoms with Gasteiger partial charge in [0.1, 0.15) is 6.61 Å². The van der Waals surface area contributed by atoms with E-state index in [0.717, 1.165) is 31.0 Å². The lowest BCUT2D eigenvalue weighted by Gasteiger charge is -2.09. The zero-order valence-electron chi connectivity index (χ0n) is 10.1. The van der Waals surface area contributed by atoms with Crippen molar-refractivity contribution in [2.24, 2.45) is 0 Å². The number of ether oxygens (including phenoxy) is 1. The lowest BCUT2D eigenvalue weighted by Crippen LogP contribution is -2.15. The summed E-state index contributed by atoms with van der Waals surface area (Å²) in [5.41, 5.74) is 1.11. The molecule has 0 aromatic carbocycles. The molecule has 0 aliphatic carbocycles. The van der Waals surface area contributed by atoms with Crippen LogP contribution >= 0.6 is 0 Å². The van der Waals surface area contributed by atoms with E-state index in [9.17, 15) is 0 Å². The van der Waals surface area contributed by atoms with Crippen LogP contribution in [0.15, 0.2) is 30.5 Å². The zero-order chi connectivity index (χ0) is 11.6. The van der Waals surface area contributed by atoms with Crippen LogP contribution < -0.4 is 10.1 Å². The van der Waals surface area contributed by atoms with Gasteiger partial charge in [-0.3, -0.25) is 0 Å². The van der Waals surface area contributed by atoms with E-state index >= 15 is 0 Å². The van der Waals surface area contributed by atoms with E-state index in [-0.39, 0.29) is 0 Å². The topological polar surface area (TPSA) is 34.1 Å². The second-order valence-electron chi connectivity index (χ2n) is 3.52. The van der Waals surface area contributed by atoms with E-state index in [1.54, 1.807) is 6.20 Å². The third-order valence-corrected chi connectivity index (χ3v) is 2.14. The minimum absolute atomic E-state index is 0.578. The van der Waals surface area contributed by atoms with E-state index < -0.39 is 0 Å². The first kappa shape index (κ1) is 12.7. The lowest BCUT2D eigenvalue weighted by atomic mass is 10.2. The Balaban J connectivity index is 2.53. The average Bonchev–Trinajstić information content (AvgIpc) is 2.32. The van der Waals surface area contributed by atoms with Crippen LogP contribution in [0.3, 0.4) is 0 Å². The fraction of sp³-hybridized carbons (Fsp3) is 0.462. The molecule has 1 heterocycles. The van der Waals surface area contributed by atoms with E-state index in [1.807, 2.05) is 31.2 Å². The second kappa shape index (κ2) is 7.88. The maximum Gasteiger partial charge on any atom is 0.218 e. The maximum absolute atomic E-state index is 5.57. The molecule has 0 saturated heterocycles. The molecule has 0 spiro atoms. The van der Waals surface area contributed by atoms with Gasteiger partial charge in [0, 0.05) is 18.3 Å². The molecule has 1 aromatic rings. The molecule has 3 nitrogen and oxygen atoms in total. The minimum Gasteiger partial charge on any atom is -0.473 e. The van der Waals surface area contributed by atoms with Crippen molar-refractivity contribution >= 4 is 0 Å². The zero-order valence-corrected chi connectivity index (χ0v) is 10.1. The first-order valence-corrected chi connectivity index (χ1v) is 5.77. The molecule has 1 aromatic heterocycles. The number of nitrogens with zero attached hydrogens (tertiary/aromatic N) is 1. The molecular formula is C13H20N2O. The normalized spacial score (nSPS) is 10.9. The predicted octanol–water partition coefficient (Wildman–Crippen LogP) is 2.54. The number of pyridine rings is 1. The van der Waals surface area contributed by atoms with Crippen LogP contribution in [-0.4, -0.2) is 18.1 Å². The third kappa shape index (κ3) is 4.45. The standard InChI is InChI=1S/C13H20N2O/c1-3-5-10-16-13-12(7-6-9-15-13)11-14-8-4-2/h3,5-7,9,14H,4,8,10-11H2,1-2H3. The van der Waals surface area contributed by atoms with Gasteiger partial charge in [0.2, 0.25) is 5.88 Å². The molecule has 0 aliphatic heterocycles. The SMILES string of the molecule is CC=CCOc1ncccc1CNCCC. The van der Waals surface area contributed by atoms with Crippen LogP contribution in [0.5, 0.6) is 5.88 Å². The Hall–Kier alpha value is -1.35. The molecule has 0 atom stereocenters. The Morgan fingerprint density at radius 3 is 3.12 bits per heavy atom. The fourth-order valence-electron chi connectivity index (χ4n) is 1.31. The van der Waals surface area contributed by atoms with Crippen molar-refractivity contribution in [3.63, 3.8) is 0 Å². The summed E-state index contributed by atoms with van der Waals surface area (Å²) in [5.74, 6) is 0.726. The first-order chi connectivity index (χ1) is 7.88. The van der Waals surface area contributed by atoms with Crippen LogP contribution in [-0.2, 0) is 6.54 Å². The second-order valence-corrected chi connectivity index (χ2v) is 3.52. The number of nitrogens with one attached hydrogen (secondary N) is 1. The fourth-order valence-corrected chi connectivity index (χ4v) is 1.31. The van der Waals surface area contributed by atoms with Gasteiger partial charge in [0.05, 0.1) is 0 Å². The van der Waals surface area contributed by atoms with Crippen LogP contribution in [0.4, 0.5) is 0 Å². The Bertz CT molecular complexity index is 323. The molecule has 0 amide bonds. The van der Waals surface area contributed by atoms with Gasteiger partial charge in [-0.05, 0) is 26.0 Å². The summed E-state index contributed by atoms with van der Waals surface area (Å²) in [6, 6.07) is 3.98. The molecule has 0 radical (unpaired) electrons. The highest BCUT2D eigenvalue weighted by Gasteiger charge is 2.02. The van der Waals surface area contributed by atoms with Gasteiger partial charge >= 0.3 is 0 Å².